The average molecular weight is 1130 g/mol. The van der Waals surface area contributed by atoms with Crippen LogP contribution in [0.2, 0.25) is 0 Å². The van der Waals surface area contributed by atoms with Crippen molar-refractivity contribution in [1.82, 2.24) is 0 Å². The normalized spacial score (nSPS) is 12.4. The highest BCUT2D eigenvalue weighted by atomic mass is 16.6. The molecule has 0 aliphatic heterocycles. The Hall–Kier alpha value is -2.89. The maximum atomic E-state index is 13.0. The molecule has 0 amide bonds. The molecular formula is C75H136O6. The third-order valence-electron chi connectivity index (χ3n) is 16.0. The summed E-state index contributed by atoms with van der Waals surface area (Å²) in [7, 11) is 0. The molecule has 1 atom stereocenters. The van der Waals surface area contributed by atoms with Gasteiger partial charge in [0.2, 0.25) is 0 Å². The lowest BCUT2D eigenvalue weighted by Gasteiger charge is -2.18. The minimum Gasteiger partial charge on any atom is -0.462 e. The first kappa shape index (κ1) is 78.1. The summed E-state index contributed by atoms with van der Waals surface area (Å²) in [6.07, 6.45) is 89.7. The second-order valence-electron chi connectivity index (χ2n) is 24.1. The minimum absolute atomic E-state index is 0.0792. The van der Waals surface area contributed by atoms with Crippen LogP contribution in [0.3, 0.4) is 0 Å². The molecule has 0 heterocycles. The first-order valence-electron chi connectivity index (χ1n) is 35.8. The minimum atomic E-state index is -0.786. The smallest absolute Gasteiger partial charge is 0.306 e. The number of allylic oxidation sites excluding steroid dienone is 10. The summed E-state index contributed by atoms with van der Waals surface area (Å²) in [5.41, 5.74) is 0. The maximum absolute atomic E-state index is 13.0. The third-order valence-corrected chi connectivity index (χ3v) is 16.0. The largest absolute Gasteiger partial charge is 0.462 e. The Kier molecular flexibility index (Phi) is 67.1. The van der Waals surface area contributed by atoms with Crippen LogP contribution in [0, 0.1) is 0 Å². The van der Waals surface area contributed by atoms with Gasteiger partial charge in [0.05, 0.1) is 0 Å². The molecule has 0 aliphatic carbocycles. The van der Waals surface area contributed by atoms with E-state index in [0.29, 0.717) is 19.3 Å². The fraction of sp³-hybridized carbons (Fsp3) is 0.827. The van der Waals surface area contributed by atoms with Crippen LogP contribution in [-0.2, 0) is 28.6 Å². The van der Waals surface area contributed by atoms with Gasteiger partial charge in [0.15, 0.2) is 6.10 Å². The molecule has 0 aliphatic rings. The summed E-state index contributed by atoms with van der Waals surface area (Å²) in [4.78, 5) is 38.5. The molecule has 81 heavy (non-hydrogen) atoms. The van der Waals surface area contributed by atoms with Gasteiger partial charge in [-0.25, -0.2) is 0 Å². The molecule has 0 spiro atoms. The first-order chi connectivity index (χ1) is 40.0. The molecule has 0 aromatic rings. The lowest BCUT2D eigenvalue weighted by Crippen LogP contribution is -2.30. The molecular weight excluding hydrogens is 997 g/mol. The molecule has 6 heteroatoms. The van der Waals surface area contributed by atoms with Crippen LogP contribution in [0.25, 0.3) is 0 Å². The topological polar surface area (TPSA) is 78.9 Å². The quantitative estimate of drug-likeness (QED) is 0.0261. The van der Waals surface area contributed by atoms with E-state index in [9.17, 15) is 14.4 Å². The molecule has 0 saturated carbocycles. The average Bonchev–Trinajstić information content (AvgIpc) is 3.47. The second-order valence-corrected chi connectivity index (χ2v) is 24.1. The lowest BCUT2D eigenvalue weighted by atomic mass is 10.0. The van der Waals surface area contributed by atoms with Crippen LogP contribution in [0.5, 0.6) is 0 Å². The number of hydrogen-bond donors (Lipinski definition) is 0. The van der Waals surface area contributed by atoms with Gasteiger partial charge in [-0.1, -0.05) is 338 Å². The molecule has 0 radical (unpaired) electrons. The van der Waals surface area contributed by atoms with Gasteiger partial charge in [-0.3, -0.25) is 14.4 Å². The van der Waals surface area contributed by atoms with Gasteiger partial charge in [0, 0.05) is 19.3 Å². The SMILES string of the molecule is CC/C=C\C/C=C\C/C=C\C/C=C\CCCCCCC(=O)OCC(COC(=O)CCCCCCCCCCCCCCCCCCCCCCCCCCCCC)OC(=O)CCCCCCCCCCC/C=C\CCCCCCCC. The van der Waals surface area contributed by atoms with Gasteiger partial charge in [0.25, 0.3) is 0 Å². The van der Waals surface area contributed by atoms with Crippen molar-refractivity contribution in [2.75, 3.05) is 13.2 Å². The van der Waals surface area contributed by atoms with Crippen molar-refractivity contribution < 1.29 is 28.6 Å². The molecule has 1 unspecified atom stereocenters. The summed E-state index contributed by atoms with van der Waals surface area (Å²) < 4.78 is 17.0. The zero-order valence-corrected chi connectivity index (χ0v) is 54.3. The zero-order chi connectivity index (χ0) is 58.5. The number of carbonyl (C=O) groups excluding carboxylic acids is 3. The third kappa shape index (κ3) is 67.8. The van der Waals surface area contributed by atoms with Gasteiger partial charge in [-0.15, -0.1) is 0 Å². The number of esters is 3. The number of unbranched alkanes of at least 4 members (excludes halogenated alkanes) is 45. The van der Waals surface area contributed by atoms with Crippen molar-refractivity contribution in [2.24, 2.45) is 0 Å². The number of ether oxygens (including phenoxy) is 3. The highest BCUT2D eigenvalue weighted by Gasteiger charge is 2.19. The van der Waals surface area contributed by atoms with Crippen LogP contribution in [0.4, 0.5) is 0 Å². The predicted octanol–water partition coefficient (Wildman–Crippen LogP) is 24.7. The van der Waals surface area contributed by atoms with Gasteiger partial charge >= 0.3 is 17.9 Å². The van der Waals surface area contributed by atoms with E-state index in [1.807, 2.05) is 0 Å². The fourth-order valence-corrected chi connectivity index (χ4v) is 10.7. The molecule has 6 nitrogen and oxygen atoms in total. The van der Waals surface area contributed by atoms with E-state index in [0.717, 1.165) is 96.3 Å². The summed E-state index contributed by atoms with van der Waals surface area (Å²) >= 11 is 0. The van der Waals surface area contributed by atoms with E-state index >= 15 is 0 Å². The summed E-state index contributed by atoms with van der Waals surface area (Å²) in [6, 6.07) is 0. The van der Waals surface area contributed by atoms with Gasteiger partial charge in [0.1, 0.15) is 13.2 Å². The van der Waals surface area contributed by atoms with Gasteiger partial charge in [-0.2, -0.15) is 0 Å². The lowest BCUT2D eigenvalue weighted by molar-refractivity contribution is -0.167. The number of carbonyl (C=O) groups is 3. The highest BCUT2D eigenvalue weighted by molar-refractivity contribution is 5.71. The van der Waals surface area contributed by atoms with Crippen molar-refractivity contribution in [2.45, 2.75) is 386 Å². The van der Waals surface area contributed by atoms with E-state index in [1.165, 1.54) is 244 Å². The van der Waals surface area contributed by atoms with E-state index in [2.05, 4.69) is 81.5 Å². The molecule has 0 aromatic heterocycles. The Bertz CT molecular complexity index is 1440. The van der Waals surface area contributed by atoms with Gasteiger partial charge in [-0.05, 0) is 83.5 Å². The fourth-order valence-electron chi connectivity index (χ4n) is 10.7. The molecule has 0 rings (SSSR count). The molecule has 0 aromatic carbocycles. The van der Waals surface area contributed by atoms with Crippen molar-refractivity contribution in [3.63, 3.8) is 0 Å². The van der Waals surface area contributed by atoms with E-state index in [4.69, 9.17) is 14.2 Å². The van der Waals surface area contributed by atoms with E-state index in [1.54, 1.807) is 0 Å². The zero-order valence-electron chi connectivity index (χ0n) is 54.3. The summed E-state index contributed by atoms with van der Waals surface area (Å²) in [5.74, 6) is -0.882. The van der Waals surface area contributed by atoms with Crippen LogP contribution in [-0.4, -0.2) is 37.2 Å². The van der Waals surface area contributed by atoms with E-state index in [-0.39, 0.29) is 31.1 Å². The van der Waals surface area contributed by atoms with Gasteiger partial charge < -0.3 is 14.2 Å². The monoisotopic (exact) mass is 1130 g/mol. The van der Waals surface area contributed by atoms with Crippen LogP contribution in [0.1, 0.15) is 380 Å². The van der Waals surface area contributed by atoms with E-state index < -0.39 is 6.10 Å². The van der Waals surface area contributed by atoms with Crippen molar-refractivity contribution in [3.05, 3.63) is 60.8 Å². The maximum Gasteiger partial charge on any atom is 0.306 e. The Morgan fingerprint density at radius 3 is 0.765 bits per heavy atom. The standard InChI is InChI=1S/C75H136O6/c1-4-7-10-13-16-19-22-25-28-31-33-34-35-36-37-38-39-40-42-44-47-50-53-56-59-62-65-68-74(77)80-71-72(70-79-73(76)67-64-61-58-55-52-49-46-43-30-27-24-21-18-15-12-9-6-3)81-75(78)69-66-63-60-57-54-51-48-45-41-32-29-26-23-20-17-14-11-8-5-2/h9,12,18,21,26-27,29-30,46,49,72H,4-8,10-11,13-17,19-20,22-25,28,31-45,47-48,50-71H2,1-3H3/b12-9-,21-18-,29-26-,30-27-,49-46-. The Balaban J connectivity index is 4.28. The number of hydrogen-bond acceptors (Lipinski definition) is 6. The van der Waals surface area contributed by atoms with Crippen LogP contribution >= 0.6 is 0 Å². The second kappa shape index (κ2) is 69.6. The van der Waals surface area contributed by atoms with Crippen molar-refractivity contribution in [3.8, 4) is 0 Å². The predicted molar refractivity (Wildman–Crippen MR) is 353 cm³/mol. The molecule has 0 bridgehead atoms. The molecule has 472 valence electrons. The summed E-state index contributed by atoms with van der Waals surface area (Å²) in [5, 5.41) is 0. The Morgan fingerprint density at radius 2 is 0.481 bits per heavy atom. The highest BCUT2D eigenvalue weighted by Crippen LogP contribution is 2.18. The van der Waals surface area contributed by atoms with Crippen molar-refractivity contribution in [1.29, 1.82) is 0 Å². The van der Waals surface area contributed by atoms with Crippen molar-refractivity contribution >= 4 is 17.9 Å². The molecule has 0 N–H and O–H groups in total. The molecule has 0 fully saturated rings. The summed E-state index contributed by atoms with van der Waals surface area (Å²) in [6.45, 7) is 6.57. The Morgan fingerprint density at radius 1 is 0.259 bits per heavy atom. The Labute approximate surface area is 504 Å². The molecule has 0 saturated heterocycles. The van der Waals surface area contributed by atoms with Crippen LogP contribution in [0.15, 0.2) is 60.8 Å². The number of rotatable bonds is 66. The first-order valence-corrected chi connectivity index (χ1v) is 35.8. The van der Waals surface area contributed by atoms with Crippen LogP contribution < -0.4 is 0 Å².